The number of ether oxygens (including phenoxy) is 2. The quantitative estimate of drug-likeness (QED) is 0.562. The highest BCUT2D eigenvalue weighted by Gasteiger charge is 2.31. The lowest BCUT2D eigenvalue weighted by molar-refractivity contribution is 0.372. The van der Waals surface area contributed by atoms with E-state index in [4.69, 9.17) is 9.47 Å². The summed E-state index contributed by atoms with van der Waals surface area (Å²) in [5.74, 6) is 0.925. The molecule has 1 saturated heterocycles. The monoisotopic (exact) mass is 458 g/mol. The largest absolute Gasteiger partial charge is 0.497 e. The summed E-state index contributed by atoms with van der Waals surface area (Å²) in [6, 6.07) is 14.8. The number of halogens is 1. The molecule has 0 unspecified atom stereocenters. The molecule has 0 spiro atoms. The van der Waals surface area contributed by atoms with E-state index in [1.165, 1.54) is 23.5 Å². The van der Waals surface area contributed by atoms with Gasteiger partial charge in [0.05, 0.1) is 19.9 Å². The number of methoxy groups -OCH3 is 2. The van der Waals surface area contributed by atoms with Gasteiger partial charge in [-0.05, 0) is 54.6 Å². The van der Waals surface area contributed by atoms with Crippen LogP contribution in [-0.4, -0.2) is 63.3 Å². The Morgan fingerprint density at radius 1 is 0.875 bits per heavy atom. The van der Waals surface area contributed by atoms with Crippen LogP contribution in [0.25, 0.3) is 11.3 Å². The first-order chi connectivity index (χ1) is 15.4. The number of anilines is 1. The van der Waals surface area contributed by atoms with Crippen molar-refractivity contribution in [2.75, 3.05) is 45.3 Å². The van der Waals surface area contributed by atoms with Crippen LogP contribution < -0.4 is 14.4 Å². The standard InChI is InChI=1S/C22H23FN4O4S/c1-30-18-6-3-16(4-7-18)19-8-10-22(25-24-19)26-11-13-27(14-12-26)32(28,29)21-15-17(23)5-9-20(21)31-2/h3-10,15H,11-14H2,1-2H3. The Morgan fingerprint density at radius 2 is 1.59 bits per heavy atom. The first-order valence-electron chi connectivity index (χ1n) is 9.99. The molecule has 0 N–H and O–H groups in total. The molecular weight excluding hydrogens is 435 g/mol. The van der Waals surface area contributed by atoms with Gasteiger partial charge in [-0.25, -0.2) is 12.8 Å². The molecule has 8 nitrogen and oxygen atoms in total. The molecule has 32 heavy (non-hydrogen) atoms. The van der Waals surface area contributed by atoms with Crippen LogP contribution in [0.15, 0.2) is 59.5 Å². The Labute approximate surface area is 186 Å². The number of sulfonamides is 1. The second-order valence-corrected chi connectivity index (χ2v) is 9.10. The highest BCUT2D eigenvalue weighted by Crippen LogP contribution is 2.29. The van der Waals surface area contributed by atoms with Crippen molar-refractivity contribution in [3.8, 4) is 22.8 Å². The molecule has 1 aliphatic rings. The summed E-state index contributed by atoms with van der Waals surface area (Å²) in [5.41, 5.74) is 1.65. The van der Waals surface area contributed by atoms with Crippen molar-refractivity contribution < 1.29 is 22.3 Å². The van der Waals surface area contributed by atoms with Crippen LogP contribution >= 0.6 is 0 Å². The van der Waals surface area contributed by atoms with Crippen LogP contribution in [0, 0.1) is 5.82 Å². The number of nitrogens with zero attached hydrogens (tertiary/aromatic N) is 4. The van der Waals surface area contributed by atoms with E-state index in [1.54, 1.807) is 7.11 Å². The topological polar surface area (TPSA) is 84.9 Å². The number of hydrogen-bond donors (Lipinski definition) is 0. The maximum Gasteiger partial charge on any atom is 0.246 e. The maximum absolute atomic E-state index is 13.7. The molecule has 0 radical (unpaired) electrons. The summed E-state index contributed by atoms with van der Waals surface area (Å²) in [4.78, 5) is 1.80. The molecule has 168 valence electrons. The molecule has 0 aliphatic carbocycles. The molecule has 1 aliphatic heterocycles. The average Bonchev–Trinajstić information content (AvgIpc) is 2.84. The van der Waals surface area contributed by atoms with E-state index >= 15 is 0 Å². The third kappa shape index (κ3) is 4.37. The molecule has 0 saturated carbocycles. The van der Waals surface area contributed by atoms with Crippen molar-refractivity contribution in [3.05, 3.63) is 60.4 Å². The lowest BCUT2D eigenvalue weighted by atomic mass is 10.1. The molecule has 2 heterocycles. The van der Waals surface area contributed by atoms with Gasteiger partial charge in [0.2, 0.25) is 10.0 Å². The highest BCUT2D eigenvalue weighted by atomic mass is 32.2. The lowest BCUT2D eigenvalue weighted by Gasteiger charge is -2.34. The first-order valence-corrected chi connectivity index (χ1v) is 11.4. The van der Waals surface area contributed by atoms with Crippen LogP contribution in [0.1, 0.15) is 0 Å². The maximum atomic E-state index is 13.7. The average molecular weight is 459 g/mol. The van der Waals surface area contributed by atoms with Gasteiger partial charge < -0.3 is 14.4 Å². The normalized spacial score (nSPS) is 14.9. The minimum Gasteiger partial charge on any atom is -0.497 e. The number of benzene rings is 2. The van der Waals surface area contributed by atoms with E-state index in [1.807, 2.05) is 41.3 Å². The van der Waals surface area contributed by atoms with Crippen molar-refractivity contribution in [1.82, 2.24) is 14.5 Å². The molecule has 3 aromatic rings. The summed E-state index contributed by atoms with van der Waals surface area (Å²) in [7, 11) is -0.912. The number of hydrogen-bond acceptors (Lipinski definition) is 7. The molecule has 0 bridgehead atoms. The molecule has 2 aromatic carbocycles. The zero-order valence-electron chi connectivity index (χ0n) is 17.7. The van der Waals surface area contributed by atoms with Gasteiger partial charge in [0.25, 0.3) is 0 Å². The molecule has 4 rings (SSSR count). The summed E-state index contributed by atoms with van der Waals surface area (Å²) in [6.07, 6.45) is 0. The first kappa shape index (κ1) is 22.0. The summed E-state index contributed by atoms with van der Waals surface area (Å²) in [6.45, 7) is 1.36. The molecule has 1 aromatic heterocycles. The van der Waals surface area contributed by atoms with Gasteiger partial charge in [-0.3, -0.25) is 0 Å². The summed E-state index contributed by atoms with van der Waals surface area (Å²) < 4.78 is 51.4. The molecule has 0 atom stereocenters. The van der Waals surface area contributed by atoms with Crippen molar-refractivity contribution in [2.24, 2.45) is 0 Å². The fourth-order valence-corrected chi connectivity index (χ4v) is 5.15. The lowest BCUT2D eigenvalue weighted by Crippen LogP contribution is -2.49. The van der Waals surface area contributed by atoms with Gasteiger partial charge in [-0.15, -0.1) is 10.2 Å². The smallest absolute Gasteiger partial charge is 0.246 e. The number of aromatic nitrogens is 2. The van der Waals surface area contributed by atoms with Crippen LogP contribution in [0.3, 0.4) is 0 Å². The van der Waals surface area contributed by atoms with Gasteiger partial charge in [0, 0.05) is 31.7 Å². The van der Waals surface area contributed by atoms with Crippen molar-refractivity contribution in [3.63, 3.8) is 0 Å². The third-order valence-electron chi connectivity index (χ3n) is 5.34. The molecule has 0 amide bonds. The van der Waals surface area contributed by atoms with Crippen molar-refractivity contribution in [2.45, 2.75) is 4.90 Å². The van der Waals surface area contributed by atoms with Gasteiger partial charge in [-0.1, -0.05) is 0 Å². The van der Waals surface area contributed by atoms with Crippen LogP contribution in [-0.2, 0) is 10.0 Å². The van der Waals surface area contributed by atoms with Crippen molar-refractivity contribution in [1.29, 1.82) is 0 Å². The van der Waals surface area contributed by atoms with Gasteiger partial charge in [0.15, 0.2) is 5.82 Å². The summed E-state index contributed by atoms with van der Waals surface area (Å²) >= 11 is 0. The Bertz CT molecular complexity index is 1180. The Hall–Kier alpha value is -3.24. The van der Waals surface area contributed by atoms with E-state index in [0.717, 1.165) is 23.1 Å². The second-order valence-electron chi connectivity index (χ2n) is 7.19. The van der Waals surface area contributed by atoms with Gasteiger partial charge in [0.1, 0.15) is 22.2 Å². The Balaban J connectivity index is 1.45. The van der Waals surface area contributed by atoms with E-state index in [2.05, 4.69) is 10.2 Å². The van der Waals surface area contributed by atoms with E-state index in [-0.39, 0.29) is 23.7 Å². The minimum absolute atomic E-state index is 0.119. The number of piperazine rings is 1. The fourth-order valence-electron chi connectivity index (χ4n) is 3.56. The van der Waals surface area contributed by atoms with Crippen LogP contribution in [0.4, 0.5) is 10.2 Å². The van der Waals surface area contributed by atoms with Crippen LogP contribution in [0.2, 0.25) is 0 Å². The fraction of sp³-hybridized carbons (Fsp3) is 0.273. The summed E-state index contributed by atoms with van der Waals surface area (Å²) in [5, 5.41) is 8.62. The zero-order valence-corrected chi connectivity index (χ0v) is 18.5. The highest BCUT2D eigenvalue weighted by molar-refractivity contribution is 7.89. The molecule has 1 fully saturated rings. The van der Waals surface area contributed by atoms with Crippen molar-refractivity contribution >= 4 is 15.8 Å². The van der Waals surface area contributed by atoms with E-state index in [9.17, 15) is 12.8 Å². The predicted molar refractivity (Wildman–Crippen MR) is 118 cm³/mol. The van der Waals surface area contributed by atoms with E-state index < -0.39 is 15.8 Å². The van der Waals surface area contributed by atoms with Gasteiger partial charge >= 0.3 is 0 Å². The molecular formula is C22H23FN4O4S. The van der Waals surface area contributed by atoms with E-state index in [0.29, 0.717) is 18.9 Å². The predicted octanol–water partition coefficient (Wildman–Crippen LogP) is 2.81. The third-order valence-corrected chi connectivity index (χ3v) is 7.26. The zero-order chi connectivity index (χ0) is 22.7. The second kappa shape index (κ2) is 9.09. The van der Waals surface area contributed by atoms with Gasteiger partial charge in [-0.2, -0.15) is 4.31 Å². The molecule has 10 heteroatoms. The Kier molecular flexibility index (Phi) is 6.24. The van der Waals surface area contributed by atoms with Crippen LogP contribution in [0.5, 0.6) is 11.5 Å². The Morgan fingerprint density at radius 3 is 2.19 bits per heavy atom. The minimum atomic E-state index is -3.89. The number of rotatable bonds is 6. The SMILES string of the molecule is COc1ccc(-c2ccc(N3CCN(S(=O)(=O)c4cc(F)ccc4OC)CC3)nn2)cc1.